The number of pyridine rings is 1. The fourth-order valence-corrected chi connectivity index (χ4v) is 6.40. The minimum atomic E-state index is -3.47. The van der Waals surface area contributed by atoms with Gasteiger partial charge in [0, 0.05) is 18.0 Å². The van der Waals surface area contributed by atoms with Gasteiger partial charge in [-0.1, -0.05) is 0 Å². The lowest BCUT2D eigenvalue weighted by molar-refractivity contribution is -0.122. The van der Waals surface area contributed by atoms with E-state index in [4.69, 9.17) is 4.74 Å². The van der Waals surface area contributed by atoms with Gasteiger partial charge >= 0.3 is 0 Å². The number of ether oxygens (including phenoxy) is 1. The van der Waals surface area contributed by atoms with Crippen LogP contribution in [0.3, 0.4) is 0 Å². The molecule has 0 aliphatic heterocycles. The fourth-order valence-electron chi connectivity index (χ4n) is 5.07. The van der Waals surface area contributed by atoms with Crippen LogP contribution in [0.15, 0.2) is 43.0 Å². The van der Waals surface area contributed by atoms with Crippen molar-refractivity contribution in [3.63, 3.8) is 0 Å². The first kappa shape index (κ1) is 23.7. The number of hydrogen-bond donors (Lipinski definition) is 2. The van der Waals surface area contributed by atoms with Gasteiger partial charge in [0.05, 0.1) is 29.9 Å². The van der Waals surface area contributed by atoms with Crippen LogP contribution in [0.25, 0.3) is 11.3 Å². The van der Waals surface area contributed by atoms with Crippen molar-refractivity contribution in [2.24, 2.45) is 11.8 Å². The Morgan fingerprint density at radius 3 is 2.57 bits per heavy atom. The van der Waals surface area contributed by atoms with Crippen molar-refractivity contribution in [2.75, 3.05) is 16.6 Å². The normalized spacial score (nSPS) is 24.2. The van der Waals surface area contributed by atoms with Gasteiger partial charge in [0.15, 0.2) is 0 Å². The molecule has 11 nitrogen and oxygen atoms in total. The molecule has 6 rings (SSSR count). The first-order chi connectivity index (χ1) is 17.9. The lowest BCUT2D eigenvalue weighted by atomic mass is 9.80. The third-order valence-corrected chi connectivity index (χ3v) is 9.07. The molecule has 2 N–H and O–H groups in total. The van der Waals surface area contributed by atoms with E-state index in [1.54, 1.807) is 24.7 Å². The van der Waals surface area contributed by atoms with E-state index in [9.17, 15) is 13.2 Å². The molecule has 2 atom stereocenters. The molecule has 3 fully saturated rings. The lowest BCUT2D eigenvalue weighted by Crippen LogP contribution is -2.41. The van der Waals surface area contributed by atoms with E-state index in [2.05, 4.69) is 35.0 Å². The molecule has 192 valence electrons. The average molecular weight is 522 g/mol. The number of sulfonamides is 1. The summed E-state index contributed by atoms with van der Waals surface area (Å²) in [5, 5.41) is 2.57. The van der Waals surface area contributed by atoms with Crippen molar-refractivity contribution in [1.82, 2.24) is 24.9 Å². The van der Waals surface area contributed by atoms with Gasteiger partial charge in [-0.25, -0.2) is 28.4 Å². The summed E-state index contributed by atoms with van der Waals surface area (Å²) >= 11 is 0. The molecule has 3 saturated carbocycles. The minimum absolute atomic E-state index is 0.197. The second kappa shape index (κ2) is 9.02. The number of anilines is 2. The average Bonchev–Trinajstić information content (AvgIpc) is 3.83. The number of carbonyl (C=O) groups is 1. The highest BCUT2D eigenvalue weighted by molar-refractivity contribution is 7.93. The number of fused-ring (bicyclic) bond motifs is 1. The van der Waals surface area contributed by atoms with Gasteiger partial charge in [0.2, 0.25) is 21.8 Å². The topological polar surface area (TPSA) is 149 Å². The van der Waals surface area contributed by atoms with Crippen LogP contribution in [0.5, 0.6) is 5.88 Å². The minimum Gasteiger partial charge on any atom is -0.477 e. The van der Waals surface area contributed by atoms with Crippen LogP contribution < -0.4 is 14.8 Å². The second-order valence-electron chi connectivity index (χ2n) is 9.92. The predicted molar refractivity (Wildman–Crippen MR) is 135 cm³/mol. The van der Waals surface area contributed by atoms with E-state index in [1.165, 1.54) is 12.3 Å². The summed E-state index contributed by atoms with van der Waals surface area (Å²) in [6, 6.07) is 5.05. The molecule has 37 heavy (non-hydrogen) atoms. The van der Waals surface area contributed by atoms with Gasteiger partial charge in [-0.2, -0.15) is 0 Å². The number of rotatable bonds is 9. The first-order valence-electron chi connectivity index (χ1n) is 12.4. The summed E-state index contributed by atoms with van der Waals surface area (Å²) in [6.07, 6.45) is 9.96. The van der Waals surface area contributed by atoms with E-state index in [0.717, 1.165) is 12.0 Å². The molecule has 2 unspecified atom stereocenters. The number of aromatic nitrogens is 5. The van der Waals surface area contributed by atoms with E-state index in [-0.39, 0.29) is 17.0 Å². The Morgan fingerprint density at radius 1 is 1.05 bits per heavy atom. The highest BCUT2D eigenvalue weighted by Crippen LogP contribution is 2.60. The maximum atomic E-state index is 13.7. The Morgan fingerprint density at radius 2 is 1.86 bits per heavy atom. The van der Waals surface area contributed by atoms with Crippen molar-refractivity contribution < 1.29 is 17.9 Å². The number of amides is 1. The molecule has 1 amide bonds. The van der Waals surface area contributed by atoms with Crippen LogP contribution in [-0.2, 0) is 20.2 Å². The fraction of sp³-hybridized carbons (Fsp3) is 0.440. The standard InChI is InChI=1S/C25H27N7O4S/c1-2-36-22-14-26-13-19(29-22)15-3-6-20(28-12-15)31-24(33)25(10-16-9-17(16)11-25)23-27-8-7-21(30-23)32-37(34,35)18-4-5-18/h3,6-8,12-14,16-18H,2,4-5,9-11H2,1H3,(H,27,30,32)(H,28,31,33). The monoisotopic (exact) mass is 521 g/mol. The van der Waals surface area contributed by atoms with Crippen LogP contribution in [0.2, 0.25) is 0 Å². The van der Waals surface area contributed by atoms with Crippen molar-refractivity contribution in [3.05, 3.63) is 48.8 Å². The Kier molecular flexibility index (Phi) is 5.78. The van der Waals surface area contributed by atoms with Crippen molar-refractivity contribution in [1.29, 1.82) is 0 Å². The van der Waals surface area contributed by atoms with Crippen LogP contribution in [0, 0.1) is 11.8 Å². The van der Waals surface area contributed by atoms with Gasteiger partial charge in [-0.05, 0) is 69.1 Å². The molecule has 0 bridgehead atoms. The SMILES string of the molecule is CCOc1cncc(-c2ccc(NC(=O)C3(c4nccc(NS(=O)(=O)C5CC5)n4)CC4CC4C3)nc2)n1. The Hall–Kier alpha value is -3.67. The van der Waals surface area contributed by atoms with E-state index < -0.39 is 15.4 Å². The van der Waals surface area contributed by atoms with Crippen molar-refractivity contribution in [2.45, 2.75) is 49.7 Å². The van der Waals surface area contributed by atoms with Crippen LogP contribution >= 0.6 is 0 Å². The maximum absolute atomic E-state index is 13.7. The number of nitrogens with zero attached hydrogens (tertiary/aromatic N) is 5. The van der Waals surface area contributed by atoms with E-state index in [0.29, 0.717) is 67.3 Å². The van der Waals surface area contributed by atoms with Gasteiger partial charge in [0.25, 0.3) is 0 Å². The molecule has 0 aromatic carbocycles. The zero-order chi connectivity index (χ0) is 25.6. The molecule has 3 aliphatic rings. The maximum Gasteiger partial charge on any atom is 0.239 e. The summed E-state index contributed by atoms with van der Waals surface area (Å²) in [5.41, 5.74) is 0.414. The van der Waals surface area contributed by atoms with Crippen LogP contribution in [0.4, 0.5) is 11.6 Å². The smallest absolute Gasteiger partial charge is 0.239 e. The molecule has 0 saturated heterocycles. The Bertz CT molecular complexity index is 1430. The van der Waals surface area contributed by atoms with Crippen molar-refractivity contribution in [3.8, 4) is 17.1 Å². The largest absolute Gasteiger partial charge is 0.477 e. The van der Waals surface area contributed by atoms with Gasteiger partial charge in [0.1, 0.15) is 22.9 Å². The third kappa shape index (κ3) is 4.73. The van der Waals surface area contributed by atoms with Gasteiger partial charge in [-0.15, -0.1) is 0 Å². The van der Waals surface area contributed by atoms with Gasteiger partial charge < -0.3 is 10.1 Å². The zero-order valence-electron chi connectivity index (χ0n) is 20.3. The number of hydrogen-bond acceptors (Lipinski definition) is 9. The number of nitrogens with one attached hydrogen (secondary N) is 2. The van der Waals surface area contributed by atoms with Gasteiger partial charge in [-0.3, -0.25) is 14.5 Å². The number of carbonyl (C=O) groups excluding carboxylic acids is 1. The quantitative estimate of drug-likeness (QED) is 0.433. The molecule has 3 aromatic heterocycles. The van der Waals surface area contributed by atoms with Crippen LogP contribution in [-0.4, -0.2) is 51.1 Å². The Labute approximate surface area is 214 Å². The molecule has 12 heteroatoms. The highest BCUT2D eigenvalue weighted by Gasteiger charge is 2.59. The summed E-state index contributed by atoms with van der Waals surface area (Å²) < 4.78 is 32.8. The molecule has 3 aliphatic carbocycles. The molecule has 0 radical (unpaired) electrons. The summed E-state index contributed by atoms with van der Waals surface area (Å²) in [6.45, 7) is 2.37. The highest BCUT2D eigenvalue weighted by atomic mass is 32.2. The second-order valence-corrected chi connectivity index (χ2v) is 11.9. The molecule has 0 spiro atoms. The van der Waals surface area contributed by atoms with Crippen molar-refractivity contribution >= 4 is 27.6 Å². The molecule has 3 aromatic rings. The Balaban J connectivity index is 1.22. The summed E-state index contributed by atoms with van der Waals surface area (Å²) in [7, 11) is -3.47. The third-order valence-electron chi connectivity index (χ3n) is 7.22. The first-order valence-corrected chi connectivity index (χ1v) is 14.0. The van der Waals surface area contributed by atoms with Crippen LogP contribution in [0.1, 0.15) is 44.9 Å². The summed E-state index contributed by atoms with van der Waals surface area (Å²) in [5.74, 6) is 2.03. The predicted octanol–water partition coefficient (Wildman–Crippen LogP) is 2.94. The van der Waals surface area contributed by atoms with E-state index >= 15 is 0 Å². The zero-order valence-corrected chi connectivity index (χ0v) is 21.1. The lowest BCUT2D eigenvalue weighted by Gasteiger charge is -2.28. The molecule has 3 heterocycles. The summed E-state index contributed by atoms with van der Waals surface area (Å²) in [4.78, 5) is 35.6. The molecular formula is C25H27N7O4S. The molecular weight excluding hydrogens is 494 g/mol. The van der Waals surface area contributed by atoms with E-state index in [1.807, 2.05) is 13.0 Å².